The van der Waals surface area contributed by atoms with Crippen molar-refractivity contribution in [1.82, 2.24) is 19.2 Å². The van der Waals surface area contributed by atoms with E-state index < -0.39 is 0 Å². The van der Waals surface area contributed by atoms with Gasteiger partial charge in [-0.05, 0) is 60.4 Å². The van der Waals surface area contributed by atoms with Crippen LogP contribution in [0.2, 0.25) is 0 Å². The summed E-state index contributed by atoms with van der Waals surface area (Å²) >= 11 is 1.70. The molecule has 3 aromatic heterocycles. The second-order valence-corrected chi connectivity index (χ2v) is 10.7. The number of aromatic nitrogens is 4. The third-order valence-corrected chi connectivity index (χ3v) is 7.69. The third-order valence-electron chi connectivity index (χ3n) is 6.52. The molecule has 3 heterocycles. The van der Waals surface area contributed by atoms with Crippen LogP contribution in [0.15, 0.2) is 35.4 Å². The highest BCUT2D eigenvalue weighted by atomic mass is 32.1. The number of methoxy groups -OCH3 is 1. The van der Waals surface area contributed by atoms with Crippen molar-refractivity contribution >= 4 is 38.8 Å². The van der Waals surface area contributed by atoms with Crippen LogP contribution in [-0.4, -0.2) is 32.2 Å². The van der Waals surface area contributed by atoms with Crippen molar-refractivity contribution in [3.05, 3.63) is 51.5 Å². The quantitative estimate of drug-likeness (QED) is 0.494. The lowest BCUT2D eigenvalue weighted by molar-refractivity contribution is -0.117. The number of carbonyl (C=O) groups is 1. The van der Waals surface area contributed by atoms with Crippen LogP contribution in [0.1, 0.15) is 37.6 Å². The summed E-state index contributed by atoms with van der Waals surface area (Å²) in [5, 5.41) is 8.30. The number of hydrogen-bond donors (Lipinski definition) is 1. The molecule has 1 N–H and O–H groups in total. The SMILES string of the molecule is COc1ccc(NC(=O)Cn2nc3c4c5c(sc4ncn3c2=O)C[C@@H](C(C)(C)C)CC5)cc1. The lowest BCUT2D eigenvalue weighted by Crippen LogP contribution is -2.28. The number of anilines is 1. The molecule has 0 radical (unpaired) electrons. The van der Waals surface area contributed by atoms with Crippen molar-refractivity contribution in [2.75, 3.05) is 12.4 Å². The first-order chi connectivity index (χ1) is 15.7. The Morgan fingerprint density at radius 3 is 2.73 bits per heavy atom. The van der Waals surface area contributed by atoms with Gasteiger partial charge in [0.25, 0.3) is 0 Å². The molecular weight excluding hydrogens is 438 g/mol. The Hall–Kier alpha value is -3.20. The Morgan fingerprint density at radius 2 is 2.03 bits per heavy atom. The third kappa shape index (κ3) is 3.90. The van der Waals surface area contributed by atoms with Gasteiger partial charge in [0.2, 0.25) is 5.91 Å². The molecule has 8 nitrogen and oxygen atoms in total. The summed E-state index contributed by atoms with van der Waals surface area (Å²) in [5.41, 5.74) is 2.35. The molecule has 1 aliphatic rings. The molecule has 5 rings (SSSR count). The van der Waals surface area contributed by atoms with Gasteiger partial charge in [0.05, 0.1) is 12.5 Å². The molecule has 1 aliphatic carbocycles. The van der Waals surface area contributed by atoms with Crippen LogP contribution in [0.4, 0.5) is 5.69 Å². The number of rotatable bonds is 4. The van der Waals surface area contributed by atoms with Gasteiger partial charge in [-0.15, -0.1) is 16.4 Å². The molecule has 1 atom stereocenters. The maximum atomic E-state index is 12.9. The minimum absolute atomic E-state index is 0.174. The molecule has 0 saturated heterocycles. The van der Waals surface area contributed by atoms with Gasteiger partial charge in [0, 0.05) is 10.6 Å². The van der Waals surface area contributed by atoms with Crippen LogP contribution in [0.5, 0.6) is 5.75 Å². The predicted molar refractivity (Wildman–Crippen MR) is 129 cm³/mol. The number of amides is 1. The van der Waals surface area contributed by atoms with Gasteiger partial charge in [-0.3, -0.25) is 4.79 Å². The molecule has 1 amide bonds. The maximum absolute atomic E-state index is 12.9. The van der Waals surface area contributed by atoms with Crippen LogP contribution < -0.4 is 15.7 Å². The molecule has 0 bridgehead atoms. The summed E-state index contributed by atoms with van der Waals surface area (Å²) in [6.07, 6.45) is 4.62. The standard InChI is InChI=1S/C24H27N5O3S/c1-24(2,3)14-5-10-17-18(11-14)33-22-20(17)21-27-29(23(31)28(21)13-25-22)12-19(30)26-15-6-8-16(32-4)9-7-15/h6-9,13-14H,5,10-12H2,1-4H3,(H,26,30)/t14-/m0/s1. The molecule has 172 valence electrons. The molecular formula is C24H27N5O3S. The van der Waals surface area contributed by atoms with Crippen molar-refractivity contribution in [3.8, 4) is 5.75 Å². The second-order valence-electron chi connectivity index (χ2n) is 9.64. The zero-order valence-electron chi connectivity index (χ0n) is 19.2. The lowest BCUT2D eigenvalue weighted by Gasteiger charge is -2.33. The molecule has 0 saturated carbocycles. The predicted octanol–water partition coefficient (Wildman–Crippen LogP) is 3.90. The molecule has 0 spiro atoms. The van der Waals surface area contributed by atoms with Gasteiger partial charge in [-0.25, -0.2) is 18.9 Å². The lowest BCUT2D eigenvalue weighted by atomic mass is 9.72. The fourth-order valence-electron chi connectivity index (χ4n) is 4.55. The number of fused-ring (bicyclic) bond motifs is 5. The zero-order valence-corrected chi connectivity index (χ0v) is 20.0. The van der Waals surface area contributed by atoms with Crippen LogP contribution >= 0.6 is 11.3 Å². The van der Waals surface area contributed by atoms with Crippen LogP contribution in [0.25, 0.3) is 15.9 Å². The number of hydrogen-bond acceptors (Lipinski definition) is 6. The molecule has 9 heteroatoms. The first-order valence-electron chi connectivity index (χ1n) is 11.1. The Kier molecular flexibility index (Phi) is 5.23. The summed E-state index contributed by atoms with van der Waals surface area (Å²) in [6.45, 7) is 6.71. The number of aryl methyl sites for hydroxylation is 1. The summed E-state index contributed by atoms with van der Waals surface area (Å²) < 4.78 is 7.79. The summed E-state index contributed by atoms with van der Waals surface area (Å²) in [5.74, 6) is 1.000. The number of ether oxygens (including phenoxy) is 1. The minimum Gasteiger partial charge on any atom is -0.497 e. The van der Waals surface area contributed by atoms with Crippen molar-refractivity contribution in [3.63, 3.8) is 0 Å². The molecule has 4 aromatic rings. The van der Waals surface area contributed by atoms with E-state index in [1.165, 1.54) is 25.9 Å². The average Bonchev–Trinajstić information content (AvgIpc) is 3.30. The van der Waals surface area contributed by atoms with Crippen molar-refractivity contribution < 1.29 is 9.53 Å². The van der Waals surface area contributed by atoms with E-state index >= 15 is 0 Å². The monoisotopic (exact) mass is 465 g/mol. The van der Waals surface area contributed by atoms with Crippen LogP contribution in [0.3, 0.4) is 0 Å². The van der Waals surface area contributed by atoms with Crippen molar-refractivity contribution in [1.29, 1.82) is 0 Å². The van der Waals surface area contributed by atoms with E-state index in [-0.39, 0.29) is 23.6 Å². The van der Waals surface area contributed by atoms with Crippen molar-refractivity contribution in [2.24, 2.45) is 11.3 Å². The van der Waals surface area contributed by atoms with Crippen molar-refractivity contribution in [2.45, 2.75) is 46.6 Å². The van der Waals surface area contributed by atoms with E-state index in [4.69, 9.17) is 4.74 Å². The van der Waals surface area contributed by atoms with E-state index in [2.05, 4.69) is 36.2 Å². The summed E-state index contributed by atoms with van der Waals surface area (Å²) in [7, 11) is 1.59. The van der Waals surface area contributed by atoms with Gasteiger partial charge in [0.1, 0.15) is 23.5 Å². The molecule has 33 heavy (non-hydrogen) atoms. The Morgan fingerprint density at radius 1 is 1.27 bits per heavy atom. The van der Waals surface area contributed by atoms with Gasteiger partial charge < -0.3 is 10.1 Å². The smallest absolute Gasteiger partial charge is 0.352 e. The summed E-state index contributed by atoms with van der Waals surface area (Å²) in [4.78, 5) is 32.3. The minimum atomic E-state index is -0.368. The molecule has 0 unspecified atom stereocenters. The Bertz CT molecular complexity index is 1410. The first kappa shape index (κ1) is 21.6. The van der Waals surface area contributed by atoms with Gasteiger partial charge in [-0.1, -0.05) is 20.8 Å². The largest absolute Gasteiger partial charge is 0.497 e. The normalized spacial score (nSPS) is 16.2. The Balaban J connectivity index is 1.46. The fraction of sp³-hybridized carbons (Fsp3) is 0.417. The Labute approximate surface area is 195 Å². The highest BCUT2D eigenvalue weighted by Gasteiger charge is 2.32. The number of nitrogens with one attached hydrogen (secondary N) is 1. The first-order valence-corrected chi connectivity index (χ1v) is 11.9. The highest BCUT2D eigenvalue weighted by Crippen LogP contribution is 2.43. The average molecular weight is 466 g/mol. The van der Waals surface area contributed by atoms with E-state index in [0.717, 1.165) is 29.5 Å². The number of carbonyl (C=O) groups excluding carboxylic acids is 1. The topological polar surface area (TPSA) is 90.5 Å². The van der Waals surface area contributed by atoms with E-state index in [0.29, 0.717) is 23.0 Å². The maximum Gasteiger partial charge on any atom is 0.352 e. The van der Waals surface area contributed by atoms with Gasteiger partial charge >= 0.3 is 5.69 Å². The fourth-order valence-corrected chi connectivity index (χ4v) is 5.81. The molecule has 0 fully saturated rings. The second kappa shape index (κ2) is 7.98. The number of benzene rings is 1. The van der Waals surface area contributed by atoms with E-state index in [9.17, 15) is 9.59 Å². The molecule has 0 aliphatic heterocycles. The van der Waals surface area contributed by atoms with E-state index in [1.807, 2.05) is 0 Å². The zero-order chi connectivity index (χ0) is 23.3. The number of thiophene rings is 1. The highest BCUT2D eigenvalue weighted by molar-refractivity contribution is 7.19. The molecule has 1 aromatic carbocycles. The van der Waals surface area contributed by atoms with Crippen LogP contribution in [-0.2, 0) is 24.2 Å². The van der Waals surface area contributed by atoms with Gasteiger partial charge in [0.15, 0.2) is 5.65 Å². The van der Waals surface area contributed by atoms with Crippen LogP contribution in [0, 0.1) is 11.3 Å². The van der Waals surface area contributed by atoms with Gasteiger partial charge in [-0.2, -0.15) is 0 Å². The van der Waals surface area contributed by atoms with E-state index in [1.54, 1.807) is 42.7 Å². The number of nitrogens with zero attached hydrogens (tertiary/aromatic N) is 4. The summed E-state index contributed by atoms with van der Waals surface area (Å²) in [6, 6.07) is 7.02.